The molecule has 0 saturated heterocycles. The van der Waals surface area contributed by atoms with Gasteiger partial charge >= 0.3 is 0 Å². The molecule has 160 valence electrons. The fraction of sp³-hybridized carbons (Fsp3) is 0.0435. The maximum absolute atomic E-state index is 12.9. The second-order valence-electron chi connectivity index (χ2n) is 6.78. The Hall–Kier alpha value is -4.66. The highest BCUT2D eigenvalue weighted by Crippen LogP contribution is 2.27. The lowest BCUT2D eigenvalue weighted by Gasteiger charge is -2.12. The first-order valence-electron chi connectivity index (χ1n) is 9.71. The minimum absolute atomic E-state index is 0.0325. The number of amides is 1. The number of hydrazone groups is 1. The molecule has 9 nitrogen and oxygen atoms in total. The highest BCUT2D eigenvalue weighted by atomic mass is 16.5. The van der Waals surface area contributed by atoms with Crippen LogP contribution in [-0.2, 0) is 0 Å². The molecule has 1 amide bonds. The van der Waals surface area contributed by atoms with Crippen molar-refractivity contribution in [1.82, 2.24) is 15.4 Å². The first-order chi connectivity index (χ1) is 15.6. The zero-order valence-electron chi connectivity index (χ0n) is 17.2. The van der Waals surface area contributed by atoms with E-state index in [1.807, 2.05) is 66.7 Å². The highest BCUT2D eigenvalue weighted by Gasteiger charge is 2.19. The smallest absolute Gasteiger partial charge is 0.278 e. The van der Waals surface area contributed by atoms with E-state index in [4.69, 9.17) is 16.2 Å². The maximum Gasteiger partial charge on any atom is 0.278 e. The maximum atomic E-state index is 12.9. The number of hydrogen-bond donors (Lipinski definition) is 4. The summed E-state index contributed by atoms with van der Waals surface area (Å²) in [5.74, 6) is 0.101. The first kappa shape index (κ1) is 20.6. The van der Waals surface area contributed by atoms with E-state index in [-0.39, 0.29) is 23.1 Å². The molecule has 0 unspecified atom stereocenters. The summed E-state index contributed by atoms with van der Waals surface area (Å²) in [5.41, 5.74) is 15.7. The Morgan fingerprint density at radius 2 is 1.75 bits per heavy atom. The summed E-state index contributed by atoms with van der Waals surface area (Å²) in [6.45, 7) is 0. The Morgan fingerprint density at radius 3 is 2.53 bits per heavy atom. The number of para-hydroxylation sites is 1. The first-order valence-corrected chi connectivity index (χ1v) is 9.71. The number of fused-ring (bicyclic) bond motifs is 1. The average molecular weight is 427 g/mol. The Kier molecular flexibility index (Phi) is 5.80. The lowest BCUT2D eigenvalue weighted by Crippen LogP contribution is -2.22. The molecule has 0 bridgehead atoms. The number of nitrogens with two attached hydrogens (primary N) is 2. The standard InChI is InChI=1S/C23H21N7O2/c1-32-18-12-11-14-7-5-6-10-16(14)17(18)13-26-30-22(31)19-20(24)28-23(25)29-21(19)27-15-8-3-2-4-9-15/h2-13H,1H3,(H,30,31)(H5,24,25,27,28,29)/b26-13+. The quantitative estimate of drug-likeness (QED) is 0.273. The monoisotopic (exact) mass is 427 g/mol. The number of hydrogen-bond acceptors (Lipinski definition) is 8. The molecule has 32 heavy (non-hydrogen) atoms. The molecule has 4 aromatic rings. The number of aromatic nitrogens is 2. The Bertz CT molecular complexity index is 1310. The average Bonchev–Trinajstić information content (AvgIpc) is 2.79. The van der Waals surface area contributed by atoms with Gasteiger partial charge in [0.15, 0.2) is 5.82 Å². The molecule has 0 aliphatic heterocycles. The van der Waals surface area contributed by atoms with E-state index < -0.39 is 5.91 Å². The number of anilines is 4. The van der Waals surface area contributed by atoms with Gasteiger partial charge in [0, 0.05) is 11.3 Å². The van der Waals surface area contributed by atoms with Crippen LogP contribution in [0.2, 0.25) is 0 Å². The van der Waals surface area contributed by atoms with Gasteiger partial charge in [-0.25, -0.2) is 5.43 Å². The topological polar surface area (TPSA) is 141 Å². The molecular weight excluding hydrogens is 406 g/mol. The van der Waals surface area contributed by atoms with Crippen molar-refractivity contribution in [1.29, 1.82) is 0 Å². The van der Waals surface area contributed by atoms with Gasteiger partial charge < -0.3 is 21.5 Å². The molecule has 6 N–H and O–H groups in total. The predicted molar refractivity (Wildman–Crippen MR) is 126 cm³/mol. The van der Waals surface area contributed by atoms with Crippen LogP contribution >= 0.6 is 0 Å². The van der Waals surface area contributed by atoms with Crippen LogP contribution in [0.5, 0.6) is 5.75 Å². The van der Waals surface area contributed by atoms with Crippen LogP contribution < -0.4 is 26.9 Å². The van der Waals surface area contributed by atoms with Gasteiger partial charge in [0.25, 0.3) is 5.91 Å². The molecule has 3 aromatic carbocycles. The van der Waals surface area contributed by atoms with Gasteiger partial charge in [-0.2, -0.15) is 15.1 Å². The van der Waals surface area contributed by atoms with Crippen LogP contribution in [0.3, 0.4) is 0 Å². The van der Waals surface area contributed by atoms with Gasteiger partial charge in [-0.15, -0.1) is 0 Å². The second-order valence-corrected chi connectivity index (χ2v) is 6.78. The molecule has 1 heterocycles. The second kappa shape index (κ2) is 9.00. The van der Waals surface area contributed by atoms with Crippen molar-refractivity contribution < 1.29 is 9.53 Å². The van der Waals surface area contributed by atoms with Crippen molar-refractivity contribution in [3.05, 3.63) is 77.9 Å². The summed E-state index contributed by atoms with van der Waals surface area (Å²) in [6, 6.07) is 20.8. The van der Waals surface area contributed by atoms with E-state index >= 15 is 0 Å². The molecule has 0 spiro atoms. The van der Waals surface area contributed by atoms with E-state index in [2.05, 4.69) is 25.8 Å². The normalized spacial score (nSPS) is 10.9. The molecule has 0 saturated carbocycles. The fourth-order valence-corrected chi connectivity index (χ4v) is 3.27. The summed E-state index contributed by atoms with van der Waals surface area (Å²) < 4.78 is 5.45. The zero-order valence-corrected chi connectivity index (χ0v) is 17.2. The number of ether oxygens (including phenoxy) is 1. The fourth-order valence-electron chi connectivity index (χ4n) is 3.27. The van der Waals surface area contributed by atoms with Crippen LogP contribution in [0, 0.1) is 0 Å². The molecule has 0 radical (unpaired) electrons. The number of methoxy groups -OCH3 is 1. The minimum Gasteiger partial charge on any atom is -0.496 e. The molecule has 0 fully saturated rings. The van der Waals surface area contributed by atoms with Crippen molar-refractivity contribution in [3.63, 3.8) is 0 Å². The molecular formula is C23H21N7O2. The van der Waals surface area contributed by atoms with Crippen molar-refractivity contribution in [3.8, 4) is 5.75 Å². The number of nitrogens with zero attached hydrogens (tertiary/aromatic N) is 3. The van der Waals surface area contributed by atoms with E-state index in [9.17, 15) is 4.79 Å². The third kappa shape index (κ3) is 4.26. The summed E-state index contributed by atoms with van der Waals surface area (Å²) in [5, 5.41) is 9.11. The van der Waals surface area contributed by atoms with Crippen molar-refractivity contribution in [2.24, 2.45) is 5.10 Å². The number of nitrogens with one attached hydrogen (secondary N) is 2. The molecule has 1 aromatic heterocycles. The van der Waals surface area contributed by atoms with Crippen LogP contribution in [0.4, 0.5) is 23.3 Å². The molecule has 9 heteroatoms. The number of carbonyl (C=O) groups excluding carboxylic acids is 1. The third-order valence-corrected chi connectivity index (χ3v) is 4.73. The number of nitrogen functional groups attached to an aromatic ring is 2. The zero-order chi connectivity index (χ0) is 22.5. The summed E-state index contributed by atoms with van der Waals surface area (Å²) in [4.78, 5) is 20.9. The summed E-state index contributed by atoms with van der Waals surface area (Å²) in [7, 11) is 1.58. The van der Waals surface area contributed by atoms with Gasteiger partial charge in [-0.1, -0.05) is 48.5 Å². The van der Waals surface area contributed by atoms with Crippen molar-refractivity contribution >= 4 is 46.2 Å². The Labute approximate surface area is 184 Å². The van der Waals surface area contributed by atoms with E-state index in [1.54, 1.807) is 7.11 Å². The summed E-state index contributed by atoms with van der Waals surface area (Å²) in [6.07, 6.45) is 1.53. The van der Waals surface area contributed by atoms with Gasteiger partial charge in [-0.05, 0) is 29.0 Å². The van der Waals surface area contributed by atoms with Crippen molar-refractivity contribution in [2.75, 3.05) is 23.9 Å². The van der Waals surface area contributed by atoms with Gasteiger partial charge in [0.05, 0.1) is 13.3 Å². The number of rotatable bonds is 6. The molecule has 0 aliphatic carbocycles. The van der Waals surface area contributed by atoms with E-state index in [0.717, 1.165) is 16.3 Å². The Balaban J connectivity index is 1.63. The molecule has 4 rings (SSSR count). The van der Waals surface area contributed by atoms with Crippen LogP contribution in [0.25, 0.3) is 10.8 Å². The van der Waals surface area contributed by atoms with Gasteiger partial charge in [-0.3, -0.25) is 4.79 Å². The van der Waals surface area contributed by atoms with E-state index in [0.29, 0.717) is 11.4 Å². The Morgan fingerprint density at radius 1 is 1.00 bits per heavy atom. The van der Waals surface area contributed by atoms with Crippen molar-refractivity contribution in [2.45, 2.75) is 0 Å². The largest absolute Gasteiger partial charge is 0.496 e. The lowest BCUT2D eigenvalue weighted by molar-refractivity contribution is 0.0956. The van der Waals surface area contributed by atoms with Gasteiger partial charge in [0.1, 0.15) is 17.1 Å². The SMILES string of the molecule is COc1ccc2ccccc2c1/C=N/NC(=O)c1c(N)nc(N)nc1Nc1ccccc1. The molecule has 0 atom stereocenters. The predicted octanol–water partition coefficient (Wildman–Crippen LogP) is 3.31. The minimum atomic E-state index is -0.587. The van der Waals surface area contributed by atoms with Crippen LogP contribution in [0.1, 0.15) is 15.9 Å². The third-order valence-electron chi connectivity index (χ3n) is 4.73. The van der Waals surface area contributed by atoms with Crippen LogP contribution in [-0.4, -0.2) is 29.2 Å². The highest BCUT2D eigenvalue weighted by molar-refractivity contribution is 6.05. The lowest BCUT2D eigenvalue weighted by atomic mass is 10.0. The van der Waals surface area contributed by atoms with Gasteiger partial charge in [0.2, 0.25) is 5.95 Å². The number of carbonyl (C=O) groups is 1. The van der Waals surface area contributed by atoms with Crippen LogP contribution in [0.15, 0.2) is 71.8 Å². The van der Waals surface area contributed by atoms with E-state index in [1.165, 1.54) is 6.21 Å². The molecule has 0 aliphatic rings. The summed E-state index contributed by atoms with van der Waals surface area (Å²) >= 11 is 0. The number of benzene rings is 3.